The SMILES string of the molecule is C=CCN(CCC)C(=O)[C@H]1[C@H]2C(=O)N(CCCCO)C(C(=O)N(CC=C)C(C)(C)CC(C)(C)C)C23CC[C@]1(CC)O3. The van der Waals surface area contributed by atoms with Gasteiger partial charge in [-0.05, 0) is 64.2 Å². The Balaban J connectivity index is 2.14. The molecule has 1 N–H and O–H groups in total. The maximum absolute atomic E-state index is 14.8. The van der Waals surface area contributed by atoms with Crippen LogP contribution in [0.4, 0.5) is 0 Å². The molecule has 8 nitrogen and oxygen atoms in total. The van der Waals surface area contributed by atoms with E-state index < -0.39 is 34.6 Å². The maximum Gasteiger partial charge on any atom is 0.249 e. The second kappa shape index (κ2) is 12.6. The number of fused-ring (bicyclic) bond motifs is 1. The first-order valence-electron chi connectivity index (χ1n) is 15.6. The lowest BCUT2D eigenvalue weighted by Gasteiger charge is -2.45. The third kappa shape index (κ3) is 6.01. The number of nitrogens with zero attached hydrogens (tertiary/aromatic N) is 3. The zero-order valence-corrected chi connectivity index (χ0v) is 26.7. The van der Waals surface area contributed by atoms with Gasteiger partial charge < -0.3 is 24.5 Å². The third-order valence-corrected chi connectivity index (χ3v) is 9.41. The quantitative estimate of drug-likeness (QED) is 0.229. The number of hydrogen-bond acceptors (Lipinski definition) is 5. The van der Waals surface area contributed by atoms with Crippen molar-refractivity contribution in [3.05, 3.63) is 25.3 Å². The molecule has 0 aromatic rings. The normalized spacial score (nSPS) is 29.0. The van der Waals surface area contributed by atoms with Gasteiger partial charge in [0.1, 0.15) is 11.6 Å². The van der Waals surface area contributed by atoms with E-state index in [1.165, 1.54) is 0 Å². The molecule has 3 saturated heterocycles. The van der Waals surface area contributed by atoms with E-state index in [0.29, 0.717) is 58.3 Å². The number of hydrogen-bond donors (Lipinski definition) is 1. The van der Waals surface area contributed by atoms with E-state index >= 15 is 0 Å². The van der Waals surface area contributed by atoms with Gasteiger partial charge in [-0.1, -0.05) is 46.8 Å². The van der Waals surface area contributed by atoms with Crippen molar-refractivity contribution in [1.29, 1.82) is 0 Å². The number of aliphatic hydroxyl groups excluding tert-OH is 1. The monoisotopic (exact) mass is 573 g/mol. The Morgan fingerprint density at radius 1 is 1.07 bits per heavy atom. The van der Waals surface area contributed by atoms with E-state index in [4.69, 9.17) is 4.74 Å². The summed E-state index contributed by atoms with van der Waals surface area (Å²) in [7, 11) is 0. The summed E-state index contributed by atoms with van der Waals surface area (Å²) in [5.74, 6) is -1.75. The topological polar surface area (TPSA) is 90.4 Å². The molecular weight excluding hydrogens is 518 g/mol. The average Bonchev–Trinajstić information content (AvgIpc) is 3.49. The fraction of sp³-hybridized carbons (Fsp3) is 0.788. The van der Waals surface area contributed by atoms with Gasteiger partial charge in [0.15, 0.2) is 0 Å². The van der Waals surface area contributed by atoms with Crippen LogP contribution in [0.1, 0.15) is 93.4 Å². The van der Waals surface area contributed by atoms with E-state index in [1.807, 2.05) is 18.7 Å². The molecule has 3 aliphatic heterocycles. The Kier molecular flexibility index (Phi) is 10.2. The maximum atomic E-state index is 14.8. The number of aliphatic hydroxyl groups is 1. The molecule has 1 spiro atoms. The molecular formula is C33H55N3O5. The van der Waals surface area contributed by atoms with Gasteiger partial charge in [0, 0.05) is 38.3 Å². The summed E-state index contributed by atoms with van der Waals surface area (Å²) in [6, 6.07) is -0.830. The highest BCUT2D eigenvalue weighted by molar-refractivity contribution is 5.99. The summed E-state index contributed by atoms with van der Waals surface area (Å²) >= 11 is 0. The van der Waals surface area contributed by atoms with Gasteiger partial charge in [-0.2, -0.15) is 0 Å². The van der Waals surface area contributed by atoms with Crippen molar-refractivity contribution < 1.29 is 24.2 Å². The minimum absolute atomic E-state index is 0.0144. The van der Waals surface area contributed by atoms with Crippen LogP contribution in [0.3, 0.4) is 0 Å². The van der Waals surface area contributed by atoms with Crippen LogP contribution in [0, 0.1) is 17.3 Å². The molecule has 0 aromatic carbocycles. The molecule has 41 heavy (non-hydrogen) atoms. The van der Waals surface area contributed by atoms with Crippen LogP contribution < -0.4 is 0 Å². The van der Waals surface area contributed by atoms with Gasteiger partial charge in [0.25, 0.3) is 0 Å². The highest BCUT2D eigenvalue weighted by atomic mass is 16.5. The number of carbonyl (C=O) groups excluding carboxylic acids is 3. The molecule has 5 atom stereocenters. The van der Waals surface area contributed by atoms with Crippen LogP contribution in [-0.4, -0.2) is 93.1 Å². The average molecular weight is 574 g/mol. The number of rotatable bonds is 15. The largest absolute Gasteiger partial charge is 0.396 e. The molecule has 0 radical (unpaired) electrons. The number of likely N-dealkylation sites (tertiary alicyclic amines) is 1. The second-order valence-corrected chi connectivity index (χ2v) is 14.2. The first-order valence-corrected chi connectivity index (χ1v) is 15.6. The number of unbranched alkanes of at least 4 members (excludes halogenated alkanes) is 1. The van der Waals surface area contributed by atoms with Crippen molar-refractivity contribution in [1.82, 2.24) is 14.7 Å². The van der Waals surface area contributed by atoms with Crippen molar-refractivity contribution in [3.8, 4) is 0 Å². The highest BCUT2D eigenvalue weighted by Crippen LogP contribution is 2.64. The van der Waals surface area contributed by atoms with E-state index in [0.717, 1.165) is 12.8 Å². The van der Waals surface area contributed by atoms with E-state index in [-0.39, 0.29) is 29.7 Å². The summed E-state index contributed by atoms with van der Waals surface area (Å²) in [6.45, 7) is 24.2. The van der Waals surface area contributed by atoms with Crippen LogP contribution in [0.25, 0.3) is 0 Å². The third-order valence-electron chi connectivity index (χ3n) is 9.41. The van der Waals surface area contributed by atoms with Gasteiger partial charge >= 0.3 is 0 Å². The molecule has 2 bridgehead atoms. The number of ether oxygens (including phenoxy) is 1. The molecule has 0 aliphatic carbocycles. The molecule has 0 aromatic heterocycles. The first-order chi connectivity index (χ1) is 19.2. The predicted molar refractivity (Wildman–Crippen MR) is 162 cm³/mol. The minimum atomic E-state index is -1.06. The zero-order valence-electron chi connectivity index (χ0n) is 26.7. The van der Waals surface area contributed by atoms with Crippen molar-refractivity contribution in [2.45, 2.75) is 116 Å². The Hall–Kier alpha value is -2.19. The number of carbonyl (C=O) groups is 3. The molecule has 3 fully saturated rings. The molecule has 232 valence electrons. The van der Waals surface area contributed by atoms with Gasteiger partial charge in [0.05, 0.1) is 17.4 Å². The molecule has 3 amide bonds. The van der Waals surface area contributed by atoms with Crippen LogP contribution in [0.5, 0.6) is 0 Å². The molecule has 3 rings (SSSR count). The predicted octanol–water partition coefficient (Wildman–Crippen LogP) is 4.57. The van der Waals surface area contributed by atoms with Crippen LogP contribution in [0.15, 0.2) is 25.3 Å². The summed E-state index contributed by atoms with van der Waals surface area (Å²) in [5, 5.41) is 9.49. The summed E-state index contributed by atoms with van der Waals surface area (Å²) in [6.07, 6.45) is 7.92. The smallest absolute Gasteiger partial charge is 0.249 e. The summed E-state index contributed by atoms with van der Waals surface area (Å²) < 4.78 is 6.98. The standard InChI is InChI=1S/C33H55N3O5/c1-10-18-34(19-11-2)27(38)24-25-28(39)35(21-14-15-22-37)26(33(25)17-16-32(24,13-4)41-33)29(40)36(20-12-3)31(8,9)23-30(5,6)7/h10,12,24-26,37H,1,3,11,13-23H2,2,4-9H3/t24-,25+,26?,32+,33?/m1/s1. The van der Waals surface area contributed by atoms with Crippen molar-refractivity contribution in [2.75, 3.05) is 32.8 Å². The van der Waals surface area contributed by atoms with Gasteiger partial charge in [-0.3, -0.25) is 14.4 Å². The summed E-state index contributed by atoms with van der Waals surface area (Å²) in [4.78, 5) is 48.9. The van der Waals surface area contributed by atoms with E-state index in [9.17, 15) is 19.5 Å². The van der Waals surface area contributed by atoms with Crippen molar-refractivity contribution in [3.63, 3.8) is 0 Å². The zero-order chi connectivity index (χ0) is 30.8. The highest BCUT2D eigenvalue weighted by Gasteiger charge is 2.79. The lowest BCUT2D eigenvalue weighted by molar-refractivity contribution is -0.158. The molecule has 8 heteroatoms. The lowest BCUT2D eigenvalue weighted by Crippen LogP contribution is -2.61. The minimum Gasteiger partial charge on any atom is -0.396 e. The Labute approximate surface area is 248 Å². The van der Waals surface area contributed by atoms with Crippen molar-refractivity contribution in [2.24, 2.45) is 17.3 Å². The molecule has 3 aliphatic rings. The fourth-order valence-electron chi connectivity index (χ4n) is 8.23. The molecule has 0 saturated carbocycles. The second-order valence-electron chi connectivity index (χ2n) is 14.2. The van der Waals surface area contributed by atoms with E-state index in [1.54, 1.807) is 22.0 Å². The lowest BCUT2D eigenvalue weighted by atomic mass is 9.64. The Morgan fingerprint density at radius 3 is 2.27 bits per heavy atom. The van der Waals surface area contributed by atoms with Crippen LogP contribution in [0.2, 0.25) is 0 Å². The molecule has 3 heterocycles. The Morgan fingerprint density at radius 2 is 1.73 bits per heavy atom. The van der Waals surface area contributed by atoms with E-state index in [2.05, 4.69) is 47.8 Å². The van der Waals surface area contributed by atoms with Crippen LogP contribution in [-0.2, 0) is 19.1 Å². The van der Waals surface area contributed by atoms with Gasteiger partial charge in [0.2, 0.25) is 17.7 Å². The van der Waals surface area contributed by atoms with Crippen LogP contribution >= 0.6 is 0 Å². The van der Waals surface area contributed by atoms with Gasteiger partial charge in [-0.25, -0.2) is 0 Å². The van der Waals surface area contributed by atoms with Gasteiger partial charge in [-0.15, -0.1) is 13.2 Å². The Bertz CT molecular complexity index is 1000. The fourth-order valence-corrected chi connectivity index (χ4v) is 8.23. The molecule has 2 unspecified atom stereocenters. The van der Waals surface area contributed by atoms with Crippen molar-refractivity contribution >= 4 is 17.7 Å². The first kappa shape index (κ1) is 33.3. The summed E-state index contributed by atoms with van der Waals surface area (Å²) in [5.41, 5.74) is -2.37. The number of amides is 3.